The summed E-state index contributed by atoms with van der Waals surface area (Å²) in [7, 11) is -3.46. The lowest BCUT2D eigenvalue weighted by Crippen LogP contribution is -2.32. The first-order chi connectivity index (χ1) is 8.98. The minimum Gasteiger partial charge on any atom is -0.392 e. The van der Waals surface area contributed by atoms with Crippen LogP contribution in [0, 0.1) is 0 Å². The lowest BCUT2D eigenvalue weighted by molar-refractivity contribution is 0.585. The number of fused-ring (bicyclic) bond motifs is 1. The summed E-state index contributed by atoms with van der Waals surface area (Å²) in [5, 5.41) is 2.11. The van der Waals surface area contributed by atoms with Gasteiger partial charge in [0.05, 0.1) is 4.99 Å². The zero-order valence-electron chi connectivity index (χ0n) is 10.2. The third-order valence-electron chi connectivity index (χ3n) is 2.69. The molecule has 4 nitrogen and oxygen atoms in total. The summed E-state index contributed by atoms with van der Waals surface area (Å²) in [6.45, 7) is 0.228. The molecule has 3 N–H and O–H groups in total. The number of hydrogen-bond acceptors (Lipinski definition) is 3. The molecule has 2 aromatic rings. The highest BCUT2D eigenvalue weighted by atomic mass is 32.2. The Morgan fingerprint density at radius 1 is 1.16 bits per heavy atom. The standard InChI is InChI=1S/C13H14N2O2S2/c14-13(18)9-19(16,17)15-8-11-6-3-5-10-4-1-2-7-12(10)11/h1-7,15H,8-9H2,(H2,14,18). The van der Waals surface area contributed by atoms with Crippen LogP contribution >= 0.6 is 12.2 Å². The van der Waals surface area contributed by atoms with Gasteiger partial charge in [-0.25, -0.2) is 13.1 Å². The van der Waals surface area contributed by atoms with Crippen molar-refractivity contribution in [2.45, 2.75) is 6.54 Å². The van der Waals surface area contributed by atoms with Crippen LogP contribution in [0.4, 0.5) is 0 Å². The van der Waals surface area contributed by atoms with E-state index in [-0.39, 0.29) is 17.3 Å². The second kappa shape index (κ2) is 5.64. The Balaban J connectivity index is 2.21. The zero-order valence-corrected chi connectivity index (χ0v) is 11.8. The number of hydrogen-bond donors (Lipinski definition) is 2. The van der Waals surface area contributed by atoms with Crippen molar-refractivity contribution in [1.29, 1.82) is 0 Å². The van der Waals surface area contributed by atoms with Gasteiger partial charge < -0.3 is 5.73 Å². The van der Waals surface area contributed by atoms with E-state index in [2.05, 4.69) is 16.9 Å². The van der Waals surface area contributed by atoms with Gasteiger partial charge in [-0.05, 0) is 16.3 Å². The van der Waals surface area contributed by atoms with Crippen molar-refractivity contribution in [1.82, 2.24) is 4.72 Å². The molecule has 0 aromatic heterocycles. The lowest BCUT2D eigenvalue weighted by atomic mass is 10.1. The molecule has 0 aliphatic rings. The molecule has 0 aliphatic carbocycles. The molecule has 0 saturated carbocycles. The number of sulfonamides is 1. The Hall–Kier alpha value is -1.50. The Morgan fingerprint density at radius 2 is 1.84 bits per heavy atom. The molecule has 19 heavy (non-hydrogen) atoms. The van der Waals surface area contributed by atoms with Crippen LogP contribution in [-0.2, 0) is 16.6 Å². The van der Waals surface area contributed by atoms with Gasteiger partial charge in [-0.2, -0.15) is 0 Å². The zero-order chi connectivity index (χ0) is 13.9. The van der Waals surface area contributed by atoms with Crippen LogP contribution in [0.2, 0.25) is 0 Å². The van der Waals surface area contributed by atoms with Crippen LogP contribution in [-0.4, -0.2) is 19.2 Å². The average molecular weight is 294 g/mol. The van der Waals surface area contributed by atoms with Crippen molar-refractivity contribution in [3.05, 3.63) is 48.0 Å². The molecule has 0 aliphatic heterocycles. The van der Waals surface area contributed by atoms with Crippen LogP contribution in [0.25, 0.3) is 10.8 Å². The van der Waals surface area contributed by atoms with Crippen molar-refractivity contribution in [2.24, 2.45) is 5.73 Å². The second-order valence-electron chi connectivity index (χ2n) is 4.18. The minimum absolute atomic E-state index is 0.0366. The van der Waals surface area contributed by atoms with Crippen molar-refractivity contribution < 1.29 is 8.42 Å². The van der Waals surface area contributed by atoms with Gasteiger partial charge in [0.25, 0.3) is 0 Å². The highest BCUT2D eigenvalue weighted by molar-refractivity contribution is 7.92. The molecule has 100 valence electrons. The van der Waals surface area contributed by atoms with Crippen molar-refractivity contribution in [3.63, 3.8) is 0 Å². The monoisotopic (exact) mass is 294 g/mol. The summed E-state index contributed by atoms with van der Waals surface area (Å²) in [6.07, 6.45) is 0. The van der Waals surface area contributed by atoms with Crippen LogP contribution in [0.3, 0.4) is 0 Å². The normalized spacial score (nSPS) is 11.6. The predicted molar refractivity (Wildman–Crippen MR) is 81.4 cm³/mol. The van der Waals surface area contributed by atoms with Crippen molar-refractivity contribution in [2.75, 3.05) is 5.75 Å². The number of rotatable bonds is 5. The van der Waals surface area contributed by atoms with E-state index in [0.29, 0.717) is 0 Å². The Labute approximate surface area is 117 Å². The number of thiocarbonyl (C=S) groups is 1. The van der Waals surface area contributed by atoms with Gasteiger partial charge in [0.2, 0.25) is 10.0 Å². The van der Waals surface area contributed by atoms with E-state index in [1.54, 1.807) is 0 Å². The quantitative estimate of drug-likeness (QED) is 0.821. The summed E-state index contributed by atoms with van der Waals surface area (Å²) < 4.78 is 25.8. The first-order valence-corrected chi connectivity index (χ1v) is 7.76. The van der Waals surface area contributed by atoms with E-state index in [4.69, 9.17) is 5.73 Å². The van der Waals surface area contributed by atoms with Crippen molar-refractivity contribution in [3.8, 4) is 0 Å². The molecular weight excluding hydrogens is 280 g/mol. The predicted octanol–water partition coefficient (Wildman–Crippen LogP) is 1.55. The van der Waals surface area contributed by atoms with Gasteiger partial charge in [-0.1, -0.05) is 54.7 Å². The second-order valence-corrected chi connectivity index (χ2v) is 6.52. The molecule has 0 atom stereocenters. The Kier molecular flexibility index (Phi) is 4.14. The molecule has 0 heterocycles. The summed E-state index contributed by atoms with van der Waals surface area (Å²) in [5.41, 5.74) is 6.17. The van der Waals surface area contributed by atoms with Crippen LogP contribution < -0.4 is 10.5 Å². The van der Waals surface area contributed by atoms with Gasteiger partial charge in [-0.3, -0.25) is 0 Å². The number of nitrogens with two attached hydrogens (primary N) is 1. The first kappa shape index (κ1) is 13.9. The summed E-state index contributed by atoms with van der Waals surface area (Å²) in [5.74, 6) is -0.326. The maximum Gasteiger partial charge on any atom is 0.218 e. The fourth-order valence-corrected chi connectivity index (χ4v) is 3.19. The van der Waals surface area contributed by atoms with E-state index in [9.17, 15) is 8.42 Å². The average Bonchev–Trinajstić information content (AvgIpc) is 2.35. The third kappa shape index (κ3) is 3.73. The molecule has 2 rings (SSSR count). The third-order valence-corrected chi connectivity index (χ3v) is 4.30. The van der Waals surface area contributed by atoms with Crippen molar-refractivity contribution >= 4 is 38.0 Å². The highest BCUT2D eigenvalue weighted by Crippen LogP contribution is 2.18. The molecule has 0 radical (unpaired) electrons. The summed E-state index contributed by atoms with van der Waals surface area (Å²) in [6, 6.07) is 13.6. The molecule has 2 aromatic carbocycles. The minimum atomic E-state index is -3.46. The van der Waals surface area contributed by atoms with E-state index in [0.717, 1.165) is 16.3 Å². The molecule has 0 saturated heterocycles. The largest absolute Gasteiger partial charge is 0.392 e. The number of nitrogens with one attached hydrogen (secondary N) is 1. The molecule has 0 spiro atoms. The van der Waals surface area contributed by atoms with E-state index >= 15 is 0 Å². The highest BCUT2D eigenvalue weighted by Gasteiger charge is 2.12. The topological polar surface area (TPSA) is 72.2 Å². The fourth-order valence-electron chi connectivity index (χ4n) is 1.87. The van der Waals surface area contributed by atoms with Crippen LogP contribution in [0.15, 0.2) is 42.5 Å². The van der Waals surface area contributed by atoms with E-state index in [1.165, 1.54) is 0 Å². The van der Waals surface area contributed by atoms with Gasteiger partial charge in [0.15, 0.2) is 0 Å². The SMILES string of the molecule is NC(=S)CS(=O)(=O)NCc1cccc2ccccc12. The van der Waals surface area contributed by atoms with Gasteiger partial charge in [0.1, 0.15) is 5.75 Å². The van der Waals surface area contributed by atoms with Gasteiger partial charge >= 0.3 is 0 Å². The van der Waals surface area contributed by atoms with Gasteiger partial charge in [0, 0.05) is 6.54 Å². The molecular formula is C13H14N2O2S2. The Morgan fingerprint density at radius 3 is 2.58 bits per heavy atom. The van der Waals surface area contributed by atoms with E-state index in [1.807, 2.05) is 42.5 Å². The molecule has 0 unspecified atom stereocenters. The number of benzene rings is 2. The lowest BCUT2D eigenvalue weighted by Gasteiger charge is -2.08. The maximum atomic E-state index is 11.7. The molecule has 0 amide bonds. The van der Waals surface area contributed by atoms with Crippen LogP contribution in [0.5, 0.6) is 0 Å². The van der Waals surface area contributed by atoms with E-state index < -0.39 is 10.0 Å². The fraction of sp³-hybridized carbons (Fsp3) is 0.154. The molecule has 0 bridgehead atoms. The molecule has 6 heteroatoms. The van der Waals surface area contributed by atoms with Crippen LogP contribution in [0.1, 0.15) is 5.56 Å². The Bertz CT molecular complexity index is 706. The molecule has 0 fully saturated rings. The summed E-state index contributed by atoms with van der Waals surface area (Å²) in [4.78, 5) is -0.0366. The van der Waals surface area contributed by atoms with Gasteiger partial charge in [-0.15, -0.1) is 0 Å². The summed E-state index contributed by atoms with van der Waals surface area (Å²) >= 11 is 4.61. The first-order valence-electron chi connectivity index (χ1n) is 5.70. The smallest absolute Gasteiger partial charge is 0.218 e. The maximum absolute atomic E-state index is 11.7.